The van der Waals surface area contributed by atoms with Crippen LogP contribution in [-0.2, 0) is 16.1 Å². The minimum atomic E-state index is -0.520. The van der Waals surface area contributed by atoms with Gasteiger partial charge in [-0.1, -0.05) is 30.3 Å². The SMILES string of the molecule is CC(C)(C)OC(=O)N1CCC(C(=O)NCCC2COc3ccc(OCc4ccccc4)cc3O2)CC1. The van der Waals surface area contributed by atoms with Crippen molar-refractivity contribution < 1.29 is 28.5 Å². The van der Waals surface area contributed by atoms with Gasteiger partial charge in [0.15, 0.2) is 11.5 Å². The third-order valence-electron chi connectivity index (χ3n) is 6.16. The zero-order chi connectivity index (χ0) is 25.5. The van der Waals surface area contributed by atoms with Crippen LogP contribution >= 0.6 is 0 Å². The molecule has 0 spiro atoms. The lowest BCUT2D eigenvalue weighted by Crippen LogP contribution is -2.45. The molecule has 2 aliphatic rings. The zero-order valence-electron chi connectivity index (χ0n) is 21.3. The van der Waals surface area contributed by atoms with E-state index >= 15 is 0 Å². The van der Waals surface area contributed by atoms with Gasteiger partial charge in [0.1, 0.15) is 30.7 Å². The maximum atomic E-state index is 12.6. The molecule has 1 atom stereocenters. The molecule has 1 saturated heterocycles. The Labute approximate surface area is 212 Å². The molecule has 0 aliphatic carbocycles. The van der Waals surface area contributed by atoms with E-state index in [9.17, 15) is 9.59 Å². The summed E-state index contributed by atoms with van der Waals surface area (Å²) in [7, 11) is 0. The third kappa shape index (κ3) is 7.29. The van der Waals surface area contributed by atoms with Crippen LogP contribution < -0.4 is 19.5 Å². The van der Waals surface area contributed by atoms with E-state index in [-0.39, 0.29) is 24.0 Å². The van der Waals surface area contributed by atoms with Gasteiger partial charge in [0.25, 0.3) is 0 Å². The molecule has 8 heteroatoms. The maximum Gasteiger partial charge on any atom is 0.410 e. The van der Waals surface area contributed by atoms with Gasteiger partial charge in [0.2, 0.25) is 5.91 Å². The molecule has 1 unspecified atom stereocenters. The van der Waals surface area contributed by atoms with Crippen LogP contribution in [0, 0.1) is 5.92 Å². The van der Waals surface area contributed by atoms with Crippen molar-refractivity contribution >= 4 is 12.0 Å². The topological polar surface area (TPSA) is 86.3 Å². The largest absolute Gasteiger partial charge is 0.489 e. The number of ether oxygens (including phenoxy) is 4. The molecule has 4 rings (SSSR count). The van der Waals surface area contributed by atoms with E-state index in [2.05, 4.69) is 5.32 Å². The highest BCUT2D eigenvalue weighted by Gasteiger charge is 2.30. The molecule has 1 fully saturated rings. The molecule has 8 nitrogen and oxygen atoms in total. The number of benzene rings is 2. The van der Waals surface area contributed by atoms with Crippen LogP contribution in [0.3, 0.4) is 0 Å². The van der Waals surface area contributed by atoms with Gasteiger partial charge in [-0.25, -0.2) is 4.79 Å². The fourth-order valence-corrected chi connectivity index (χ4v) is 4.22. The van der Waals surface area contributed by atoms with E-state index in [4.69, 9.17) is 18.9 Å². The first kappa shape index (κ1) is 25.7. The molecule has 2 aromatic rings. The average Bonchev–Trinajstić information content (AvgIpc) is 2.87. The number of carbonyl (C=O) groups is 2. The predicted molar refractivity (Wildman–Crippen MR) is 135 cm³/mol. The Morgan fingerprint density at radius 1 is 1.06 bits per heavy atom. The lowest BCUT2D eigenvalue weighted by molar-refractivity contribution is -0.126. The van der Waals surface area contributed by atoms with Crippen LogP contribution in [0.4, 0.5) is 4.79 Å². The molecule has 2 aliphatic heterocycles. The summed E-state index contributed by atoms with van der Waals surface area (Å²) in [5.41, 5.74) is 0.574. The Bertz CT molecular complexity index is 1030. The number of nitrogens with one attached hydrogen (secondary N) is 1. The second-order valence-corrected chi connectivity index (χ2v) is 10.3. The van der Waals surface area contributed by atoms with Crippen molar-refractivity contribution in [2.45, 2.75) is 58.3 Å². The summed E-state index contributed by atoms with van der Waals surface area (Å²) in [5.74, 6) is 1.98. The number of fused-ring (bicyclic) bond motifs is 1. The first-order chi connectivity index (χ1) is 17.3. The number of likely N-dealkylation sites (tertiary alicyclic amines) is 1. The van der Waals surface area contributed by atoms with Gasteiger partial charge < -0.3 is 29.2 Å². The average molecular weight is 497 g/mol. The Hall–Kier alpha value is -3.42. The number of amides is 2. The fraction of sp³-hybridized carbons (Fsp3) is 0.500. The van der Waals surface area contributed by atoms with Crippen LogP contribution in [0.1, 0.15) is 45.6 Å². The molecule has 0 bridgehead atoms. The minimum Gasteiger partial charge on any atom is -0.489 e. The Morgan fingerprint density at radius 3 is 2.53 bits per heavy atom. The highest BCUT2D eigenvalue weighted by Crippen LogP contribution is 2.35. The molecule has 1 N–H and O–H groups in total. The number of carbonyl (C=O) groups excluding carboxylic acids is 2. The second kappa shape index (κ2) is 11.5. The van der Waals surface area contributed by atoms with Crippen molar-refractivity contribution in [3.8, 4) is 17.2 Å². The molecule has 2 aromatic carbocycles. The number of rotatable bonds is 7. The number of hydrogen-bond acceptors (Lipinski definition) is 6. The summed E-state index contributed by atoms with van der Waals surface area (Å²) in [6, 6.07) is 15.6. The monoisotopic (exact) mass is 496 g/mol. The molecular formula is C28H36N2O6. The summed E-state index contributed by atoms with van der Waals surface area (Å²) >= 11 is 0. The van der Waals surface area contributed by atoms with E-state index in [1.807, 2.05) is 69.3 Å². The van der Waals surface area contributed by atoms with Gasteiger partial charge in [0.05, 0.1) is 0 Å². The van der Waals surface area contributed by atoms with Gasteiger partial charge >= 0.3 is 6.09 Å². The first-order valence-corrected chi connectivity index (χ1v) is 12.6. The van der Waals surface area contributed by atoms with Gasteiger partial charge in [-0.2, -0.15) is 0 Å². The van der Waals surface area contributed by atoms with Crippen LogP contribution in [0.2, 0.25) is 0 Å². The number of piperidine rings is 1. The van der Waals surface area contributed by atoms with E-state index in [1.54, 1.807) is 4.90 Å². The van der Waals surface area contributed by atoms with E-state index in [0.29, 0.717) is 69.4 Å². The number of nitrogens with zero attached hydrogens (tertiary/aromatic N) is 1. The standard InChI is InChI=1S/C28H36N2O6/c1-28(2,3)36-27(32)30-15-12-21(13-16-30)26(31)29-14-11-23-19-34-24-10-9-22(17-25(24)35-23)33-18-20-7-5-4-6-8-20/h4-10,17,21,23H,11-16,18-19H2,1-3H3,(H,29,31). The van der Waals surface area contributed by atoms with Crippen molar-refractivity contribution in [1.29, 1.82) is 0 Å². The second-order valence-electron chi connectivity index (χ2n) is 10.3. The van der Waals surface area contributed by atoms with Crippen molar-refractivity contribution in [2.24, 2.45) is 5.92 Å². The Kier molecular flexibility index (Phi) is 8.23. The van der Waals surface area contributed by atoms with E-state index in [1.165, 1.54) is 0 Å². The molecule has 0 aromatic heterocycles. The minimum absolute atomic E-state index is 0.0209. The third-order valence-corrected chi connectivity index (χ3v) is 6.16. The summed E-state index contributed by atoms with van der Waals surface area (Å²) in [4.78, 5) is 26.5. The van der Waals surface area contributed by atoms with Crippen molar-refractivity contribution in [2.75, 3.05) is 26.2 Å². The van der Waals surface area contributed by atoms with Crippen molar-refractivity contribution in [3.05, 3.63) is 54.1 Å². The summed E-state index contributed by atoms with van der Waals surface area (Å²) in [5, 5.41) is 3.02. The lowest BCUT2D eigenvalue weighted by atomic mass is 9.96. The van der Waals surface area contributed by atoms with Crippen LogP contribution in [-0.4, -0.2) is 54.8 Å². The van der Waals surface area contributed by atoms with Crippen molar-refractivity contribution in [1.82, 2.24) is 10.2 Å². The number of hydrogen-bond donors (Lipinski definition) is 1. The lowest BCUT2D eigenvalue weighted by Gasteiger charge is -2.33. The smallest absolute Gasteiger partial charge is 0.410 e. The molecule has 36 heavy (non-hydrogen) atoms. The van der Waals surface area contributed by atoms with Gasteiger partial charge in [-0.3, -0.25) is 4.79 Å². The van der Waals surface area contributed by atoms with E-state index in [0.717, 1.165) is 5.56 Å². The molecule has 2 heterocycles. The van der Waals surface area contributed by atoms with E-state index < -0.39 is 5.60 Å². The van der Waals surface area contributed by atoms with Crippen LogP contribution in [0.5, 0.6) is 17.2 Å². The summed E-state index contributed by atoms with van der Waals surface area (Å²) in [6.07, 6.45) is 1.43. The van der Waals surface area contributed by atoms with Crippen LogP contribution in [0.15, 0.2) is 48.5 Å². The molecule has 0 saturated carbocycles. The maximum absolute atomic E-state index is 12.6. The molecule has 0 radical (unpaired) electrons. The summed E-state index contributed by atoms with van der Waals surface area (Å²) in [6.45, 7) is 8.01. The molecule has 194 valence electrons. The highest BCUT2D eigenvalue weighted by atomic mass is 16.6. The van der Waals surface area contributed by atoms with Gasteiger partial charge in [-0.05, 0) is 51.3 Å². The first-order valence-electron chi connectivity index (χ1n) is 12.6. The fourth-order valence-electron chi connectivity index (χ4n) is 4.22. The zero-order valence-corrected chi connectivity index (χ0v) is 21.3. The normalized spacial score (nSPS) is 17.9. The van der Waals surface area contributed by atoms with Crippen LogP contribution in [0.25, 0.3) is 0 Å². The highest BCUT2D eigenvalue weighted by molar-refractivity contribution is 5.79. The quantitative estimate of drug-likeness (QED) is 0.605. The summed E-state index contributed by atoms with van der Waals surface area (Å²) < 4.78 is 23.3. The predicted octanol–water partition coefficient (Wildman–Crippen LogP) is 4.56. The Morgan fingerprint density at radius 2 is 1.81 bits per heavy atom. The van der Waals surface area contributed by atoms with Gasteiger partial charge in [0, 0.05) is 38.0 Å². The molecular weight excluding hydrogens is 460 g/mol. The Balaban J connectivity index is 1.18. The van der Waals surface area contributed by atoms with Gasteiger partial charge in [-0.15, -0.1) is 0 Å². The van der Waals surface area contributed by atoms with Crippen molar-refractivity contribution in [3.63, 3.8) is 0 Å². The molecule has 2 amide bonds.